The number of methoxy groups -OCH3 is 3. The first-order valence-electron chi connectivity index (χ1n) is 33.7. The van der Waals surface area contributed by atoms with Crippen molar-refractivity contribution in [2.24, 2.45) is 5.92 Å². The lowest BCUT2D eigenvalue weighted by Gasteiger charge is -2.13. The van der Waals surface area contributed by atoms with E-state index in [0.29, 0.717) is 60.0 Å². The van der Waals surface area contributed by atoms with Crippen molar-refractivity contribution >= 4 is 97.0 Å². The first kappa shape index (κ1) is 116. The number of ketones is 5. The Morgan fingerprint density at radius 1 is 0.395 bits per heavy atom. The van der Waals surface area contributed by atoms with E-state index >= 15 is 0 Å². The number of hydrogen-bond acceptors (Lipinski definition) is 26. The Morgan fingerprint density at radius 2 is 0.742 bits per heavy atom. The molecule has 30 nitrogen and oxygen atoms in total. The number of esters is 1. The maximum Gasteiger partial charge on any atom is 0.497 e. The van der Waals surface area contributed by atoms with Crippen LogP contribution in [0.3, 0.4) is 0 Å². The number of Topliss-reactive ketones (excluding diaryl/α,β-unsaturated/α-hetero) is 5. The summed E-state index contributed by atoms with van der Waals surface area (Å²) >= 11 is 0. The quantitative estimate of drug-likeness (QED) is 0.0155. The zero-order chi connectivity index (χ0) is 97.5. The Morgan fingerprint density at radius 3 is 1.02 bits per heavy atom. The van der Waals surface area contributed by atoms with E-state index in [1.807, 2.05) is 58.0 Å². The average molecular weight is 1860 g/mol. The molecule has 0 aliphatic carbocycles. The molecule has 0 amide bonds. The molecule has 0 saturated heterocycles. The van der Waals surface area contributed by atoms with Crippen LogP contribution in [0.1, 0.15) is 132 Å². The van der Waals surface area contributed by atoms with E-state index in [1.165, 1.54) is 64.3 Å². The fraction of sp³-hybridized carbons (Fsp3) is 0.289. The summed E-state index contributed by atoms with van der Waals surface area (Å²) in [6, 6.07) is 34.3. The summed E-state index contributed by atoms with van der Waals surface area (Å²) in [5, 5.41) is 41.4. The Balaban J connectivity index is -0.00000132. The van der Waals surface area contributed by atoms with Gasteiger partial charge in [0.1, 0.15) is 22.1 Å². The Labute approximate surface area is 700 Å². The van der Waals surface area contributed by atoms with Crippen molar-refractivity contribution in [2.45, 2.75) is 102 Å². The molecule has 0 aliphatic heterocycles. The highest BCUT2D eigenvalue weighted by atomic mass is 32.2. The summed E-state index contributed by atoms with van der Waals surface area (Å²) in [5.74, 6) is -9.59. The normalized spacial score (nSPS) is 10.7. The maximum absolute atomic E-state index is 12.7. The molecule has 0 spiro atoms. The zero-order valence-corrected chi connectivity index (χ0v) is 71.4. The number of ether oxygens (including phenoxy) is 4. The van der Waals surface area contributed by atoms with Gasteiger partial charge in [0.2, 0.25) is 15.7 Å². The first-order valence-corrected chi connectivity index (χ1v) is 41.3. The minimum atomic E-state index is -5.09. The van der Waals surface area contributed by atoms with Crippen molar-refractivity contribution in [1.82, 2.24) is 0 Å². The molecular weight excluding hydrogens is 1780 g/mol. The third-order valence-corrected chi connectivity index (χ3v) is 18.0. The minimum absolute atomic E-state index is 0.000000000000000222. The molecule has 0 bridgehead atoms. The summed E-state index contributed by atoms with van der Waals surface area (Å²) in [6.45, 7) is 16.7. The lowest BCUT2D eigenvalue weighted by atomic mass is 10.1. The topological polar surface area (TPSA) is 448 Å². The summed E-state index contributed by atoms with van der Waals surface area (Å²) in [4.78, 5) is 101. The molecule has 0 radical (unpaired) electrons. The van der Waals surface area contributed by atoms with Crippen LogP contribution in [0.2, 0.25) is 0 Å². The van der Waals surface area contributed by atoms with Crippen molar-refractivity contribution < 1.29 is 163 Å². The first-order chi connectivity index (χ1) is 56.5. The largest absolute Gasteiger partial charge is 0.497 e. The van der Waals surface area contributed by atoms with E-state index in [9.17, 15) is 164 Å². The molecule has 8 aromatic carbocycles. The van der Waals surface area contributed by atoms with Gasteiger partial charge in [-0.2, -0.15) is 39.5 Å². The van der Waals surface area contributed by atoms with Crippen LogP contribution in [0.25, 0.3) is 0 Å². The van der Waals surface area contributed by atoms with Gasteiger partial charge < -0.3 is 18.9 Å². The fourth-order valence-electron chi connectivity index (χ4n) is 7.63. The lowest BCUT2D eigenvalue weighted by Crippen LogP contribution is -2.20. The van der Waals surface area contributed by atoms with Crippen LogP contribution >= 0.6 is 0 Å². The van der Waals surface area contributed by atoms with E-state index in [1.54, 1.807) is 70.5 Å². The van der Waals surface area contributed by atoms with Gasteiger partial charge in [-0.05, 0) is 125 Å². The van der Waals surface area contributed by atoms with Gasteiger partial charge in [0.25, 0.3) is 22.7 Å². The van der Waals surface area contributed by atoms with E-state index in [4.69, 9.17) is 14.2 Å². The number of nitro benzene ring substituents is 4. The lowest BCUT2D eigenvalue weighted by molar-refractivity contribution is -0.396. The number of halogens is 14. The molecule has 8 aromatic rings. The number of benzene rings is 8. The number of nitrogens with zero attached hydrogens (tertiary/aromatic N) is 4. The van der Waals surface area contributed by atoms with Gasteiger partial charge in [0.05, 0.1) is 85.7 Å². The van der Waals surface area contributed by atoms with Crippen LogP contribution < -0.4 is 14.2 Å². The summed E-state index contributed by atoms with van der Waals surface area (Å²) in [5.41, 5.74) is -8.71. The third-order valence-electron chi connectivity index (χ3n) is 13.8. The molecule has 0 atom stereocenters. The van der Waals surface area contributed by atoms with E-state index in [-0.39, 0.29) is 69.8 Å². The van der Waals surface area contributed by atoms with Crippen molar-refractivity contribution in [1.29, 1.82) is 0 Å². The molecular formula is C76H80F14N4O26S4. The van der Waals surface area contributed by atoms with Crippen LogP contribution in [-0.4, -0.2) is 147 Å². The highest BCUT2D eigenvalue weighted by Crippen LogP contribution is 2.38. The smallest absolute Gasteiger partial charge is 0.497 e. The summed E-state index contributed by atoms with van der Waals surface area (Å²) in [7, 11) is -11.4. The second-order valence-electron chi connectivity index (χ2n) is 24.1. The summed E-state index contributed by atoms with van der Waals surface area (Å²) < 4.78 is 275. The second-order valence-corrected chi connectivity index (χ2v) is 32.1. The standard InChI is InChI=1S/C10H12O3.C9H6F6O2S.C9H10O2.C8H3F5O.C8H7NO3.C8H8O.C7H6N2O6S.C7H7NO4S.C6H12O2.C2H3F3O2S.C2H6/c1-7(11)9-5-4-8(12-2)6-10(9)13-3;1-18(16,17)7-3-5(8(10,11)12)2-6(4-7)9(13,14)15;1-7(10)8-3-5-9(11-2)6-4-8;1-2(14)3-4(9)6(11)8(13)7(12)5(3)10;1-6(10)7-2-4-8(5-3-7)9(11)12;1-7(9)8-5-3-2-4-6-8;1-16(14,15)7-3-2-5(8(10)11)4-6(7)9(12)13;1-13(11,12)7-4-2-6(3-5-7)8(9)10;1-5(2)4-8-6(3)7;1-8(6,7)2(3,4)5;1-2/h4-6H,1-3H3;2-4H,1H3;3-6H,1-2H3;1H3;2-5H,1H3;2-6H,1H3;2-4H,1H3;2-5H,1H3;5H,4H2,1-3H3;1H3;1-2H3. The van der Waals surface area contributed by atoms with Gasteiger partial charge >= 0.3 is 23.8 Å². The average Bonchev–Trinajstić information content (AvgIpc) is 0.786. The maximum atomic E-state index is 12.7. The van der Waals surface area contributed by atoms with Crippen molar-refractivity contribution in [3.8, 4) is 17.2 Å². The van der Waals surface area contributed by atoms with Gasteiger partial charge in [-0.25, -0.2) is 55.6 Å². The van der Waals surface area contributed by atoms with Crippen LogP contribution in [0, 0.1) is 75.5 Å². The highest BCUT2D eigenvalue weighted by molar-refractivity contribution is 7.91. The number of nitro groups is 4. The van der Waals surface area contributed by atoms with Crippen LogP contribution in [-0.2, 0) is 61.2 Å². The summed E-state index contributed by atoms with van der Waals surface area (Å²) in [6.07, 6.45) is -7.62. The van der Waals surface area contributed by atoms with Gasteiger partial charge in [0, 0.05) is 85.0 Å². The van der Waals surface area contributed by atoms with Crippen molar-refractivity contribution in [3.63, 3.8) is 0 Å². The SMILES string of the molecule is CC.CC(=O)OCC(C)C.CC(=O)c1c(F)c(F)c(F)c(F)c1F.CC(=O)c1ccc([N+](=O)[O-])cc1.CC(=O)c1ccccc1.COc1ccc(C(C)=O)c(OC)c1.COc1ccc(C(C)=O)cc1.CS(=O)(=O)C(F)(F)F.CS(=O)(=O)c1cc(C(F)(F)F)cc(C(F)(F)F)c1.CS(=O)(=O)c1ccc([N+](=O)[O-])cc1.CS(=O)(=O)c1ccc([N+](=O)[O-])cc1[N+](=O)[O-]. The van der Waals surface area contributed by atoms with Gasteiger partial charge in [-0.15, -0.1) is 0 Å². The molecule has 0 fully saturated rings. The molecule has 0 saturated carbocycles. The number of carbonyl (C=O) groups excluding carboxylic acids is 6. The molecule has 0 aliphatic rings. The molecule has 0 unspecified atom stereocenters. The highest BCUT2D eigenvalue weighted by Gasteiger charge is 2.42. The van der Waals surface area contributed by atoms with Gasteiger partial charge in [0.15, 0.2) is 81.7 Å². The number of alkyl halides is 9. The van der Waals surface area contributed by atoms with Crippen LogP contribution in [0.15, 0.2) is 172 Å². The number of carbonyl (C=O) groups is 6. The number of non-ortho nitro benzene ring substituents is 3. The molecule has 8 rings (SSSR count). The Bertz CT molecular complexity index is 5400. The van der Waals surface area contributed by atoms with Crippen molar-refractivity contribution in [3.05, 3.63) is 266 Å². The Kier molecular flexibility index (Phi) is 48.5. The fourth-order valence-corrected chi connectivity index (χ4v) is 9.78. The number of hydrogen-bond donors (Lipinski definition) is 0. The number of rotatable bonds is 17. The third kappa shape index (κ3) is 42.8. The predicted octanol–water partition coefficient (Wildman–Crippen LogP) is 17.9. The van der Waals surface area contributed by atoms with E-state index in [2.05, 4.69) is 4.74 Å². The monoisotopic (exact) mass is 1860 g/mol. The van der Waals surface area contributed by atoms with Gasteiger partial charge in [-0.1, -0.05) is 58.0 Å². The Hall–Kier alpha value is -12.6. The second kappa shape index (κ2) is 52.0. The van der Waals surface area contributed by atoms with E-state index in [0.717, 1.165) is 48.1 Å². The van der Waals surface area contributed by atoms with Crippen LogP contribution in [0.4, 0.5) is 84.2 Å². The molecule has 0 N–H and O–H groups in total. The zero-order valence-electron chi connectivity index (χ0n) is 68.1. The number of sulfone groups is 4. The predicted molar refractivity (Wildman–Crippen MR) is 421 cm³/mol. The van der Waals surface area contributed by atoms with Gasteiger partial charge in [-0.3, -0.25) is 69.2 Å². The van der Waals surface area contributed by atoms with E-state index < -0.39 is 150 Å². The molecule has 124 heavy (non-hydrogen) atoms. The molecule has 682 valence electrons. The van der Waals surface area contributed by atoms with Crippen molar-refractivity contribution in [2.75, 3.05) is 53.0 Å². The molecule has 0 heterocycles. The minimum Gasteiger partial charge on any atom is -0.497 e. The van der Waals surface area contributed by atoms with Crippen LogP contribution in [0.5, 0.6) is 17.2 Å². The molecule has 48 heteroatoms. The molecule has 0 aromatic heterocycles.